The van der Waals surface area contributed by atoms with Crippen molar-refractivity contribution in [3.63, 3.8) is 0 Å². The number of rotatable bonds is 2. The normalized spacial score (nSPS) is 21.4. The second-order valence-electron chi connectivity index (χ2n) is 3.33. The first-order valence-corrected chi connectivity index (χ1v) is 4.83. The Balaban J connectivity index is 1.98. The van der Waals surface area contributed by atoms with Crippen LogP contribution in [0.2, 0.25) is 0 Å². The van der Waals surface area contributed by atoms with Crippen LogP contribution in [0.5, 0.6) is 5.75 Å². The van der Waals surface area contributed by atoms with Gasteiger partial charge in [0.15, 0.2) is 0 Å². The third-order valence-corrected chi connectivity index (χ3v) is 2.24. The summed E-state index contributed by atoms with van der Waals surface area (Å²) in [6.07, 6.45) is 8.25. The van der Waals surface area contributed by atoms with Gasteiger partial charge in [-0.2, -0.15) is 0 Å². The molecule has 0 bridgehead atoms. The van der Waals surface area contributed by atoms with Gasteiger partial charge < -0.3 is 4.74 Å². The minimum atomic E-state index is 0.288. The summed E-state index contributed by atoms with van der Waals surface area (Å²) >= 11 is 0. The summed E-state index contributed by atoms with van der Waals surface area (Å²) in [5.41, 5.74) is 0. The van der Waals surface area contributed by atoms with E-state index in [1.54, 1.807) is 0 Å². The van der Waals surface area contributed by atoms with Gasteiger partial charge in [0.2, 0.25) is 0 Å². The Morgan fingerprint density at radius 3 is 2.69 bits per heavy atom. The van der Waals surface area contributed by atoms with E-state index in [1.807, 2.05) is 30.3 Å². The number of benzene rings is 1. The highest BCUT2D eigenvalue weighted by molar-refractivity contribution is 5.22. The van der Waals surface area contributed by atoms with E-state index >= 15 is 0 Å². The van der Waals surface area contributed by atoms with Crippen LogP contribution in [-0.4, -0.2) is 6.10 Å². The molecule has 0 N–H and O–H groups in total. The van der Waals surface area contributed by atoms with Crippen molar-refractivity contribution in [1.82, 2.24) is 0 Å². The van der Waals surface area contributed by atoms with Crippen LogP contribution in [0, 0.1) is 0 Å². The number of allylic oxidation sites excluding steroid dienone is 1. The van der Waals surface area contributed by atoms with E-state index in [0.717, 1.165) is 12.2 Å². The molecule has 1 aliphatic rings. The van der Waals surface area contributed by atoms with Gasteiger partial charge in [-0.3, -0.25) is 0 Å². The highest BCUT2D eigenvalue weighted by Gasteiger charge is 2.08. The Labute approximate surface area is 79.0 Å². The minimum absolute atomic E-state index is 0.288. The van der Waals surface area contributed by atoms with Gasteiger partial charge in [-0.25, -0.2) is 0 Å². The second-order valence-corrected chi connectivity index (χ2v) is 3.33. The fourth-order valence-corrected chi connectivity index (χ4v) is 1.55. The van der Waals surface area contributed by atoms with Gasteiger partial charge in [0.05, 0.1) is 0 Å². The summed E-state index contributed by atoms with van der Waals surface area (Å²) in [6.45, 7) is 0. The highest BCUT2D eigenvalue weighted by atomic mass is 16.5. The summed E-state index contributed by atoms with van der Waals surface area (Å²) < 4.78 is 5.77. The third-order valence-electron chi connectivity index (χ3n) is 2.24. The van der Waals surface area contributed by atoms with Gasteiger partial charge in [0.1, 0.15) is 11.9 Å². The molecule has 0 aromatic heterocycles. The van der Waals surface area contributed by atoms with Crippen LogP contribution in [0.25, 0.3) is 0 Å². The predicted octanol–water partition coefficient (Wildman–Crippen LogP) is 3.17. The van der Waals surface area contributed by atoms with Gasteiger partial charge >= 0.3 is 0 Å². The monoisotopic (exact) mass is 174 g/mol. The molecule has 1 aliphatic carbocycles. The van der Waals surface area contributed by atoms with Gasteiger partial charge in [-0.15, -0.1) is 0 Å². The van der Waals surface area contributed by atoms with Crippen LogP contribution >= 0.6 is 0 Å². The topological polar surface area (TPSA) is 9.23 Å². The molecule has 0 saturated heterocycles. The Morgan fingerprint density at radius 1 is 1.15 bits per heavy atom. The summed E-state index contributed by atoms with van der Waals surface area (Å²) in [5, 5.41) is 0. The van der Waals surface area contributed by atoms with E-state index in [-0.39, 0.29) is 6.10 Å². The van der Waals surface area contributed by atoms with Gasteiger partial charge in [0.25, 0.3) is 0 Å². The van der Waals surface area contributed by atoms with Crippen molar-refractivity contribution in [2.45, 2.75) is 25.4 Å². The van der Waals surface area contributed by atoms with E-state index in [1.165, 1.54) is 12.8 Å². The molecule has 0 amide bonds. The van der Waals surface area contributed by atoms with Crippen LogP contribution in [0.1, 0.15) is 19.3 Å². The van der Waals surface area contributed by atoms with Crippen molar-refractivity contribution in [1.29, 1.82) is 0 Å². The molecule has 0 heterocycles. The standard InChI is InChI=1S/C12H14O/c1-3-7-11(8-4-1)13-12-9-5-2-6-10-12/h1,3-5,7-9,12H,2,6,10H2/t12-/m1/s1. The molecule has 2 rings (SSSR count). The number of hydrogen-bond donors (Lipinski definition) is 0. The molecule has 1 aromatic rings. The zero-order valence-corrected chi connectivity index (χ0v) is 7.65. The lowest BCUT2D eigenvalue weighted by atomic mass is 10.1. The zero-order valence-electron chi connectivity index (χ0n) is 7.65. The maximum atomic E-state index is 5.77. The Morgan fingerprint density at radius 2 is 2.00 bits per heavy atom. The molecule has 0 radical (unpaired) electrons. The first-order chi connectivity index (χ1) is 6.45. The second kappa shape index (κ2) is 4.13. The molecule has 0 saturated carbocycles. The van der Waals surface area contributed by atoms with Crippen LogP contribution in [0.4, 0.5) is 0 Å². The molecular formula is C12H14O. The Bertz CT molecular complexity index is 276. The SMILES string of the molecule is C1=C[C@@H](Oc2ccccc2)CCC1. The molecule has 1 atom stereocenters. The summed E-state index contributed by atoms with van der Waals surface area (Å²) in [5.74, 6) is 0.971. The molecule has 1 nitrogen and oxygen atoms in total. The molecule has 0 fully saturated rings. The molecule has 1 heteroatoms. The molecular weight excluding hydrogens is 160 g/mol. The summed E-state index contributed by atoms with van der Waals surface area (Å²) in [6, 6.07) is 10.0. The van der Waals surface area contributed by atoms with Crippen molar-refractivity contribution in [2.24, 2.45) is 0 Å². The van der Waals surface area contributed by atoms with Crippen LogP contribution in [0.15, 0.2) is 42.5 Å². The summed E-state index contributed by atoms with van der Waals surface area (Å²) in [4.78, 5) is 0. The van der Waals surface area contributed by atoms with E-state index in [2.05, 4.69) is 12.2 Å². The van der Waals surface area contributed by atoms with Crippen LogP contribution in [-0.2, 0) is 0 Å². The lowest BCUT2D eigenvalue weighted by Gasteiger charge is -2.18. The average molecular weight is 174 g/mol. The molecule has 68 valence electrons. The maximum Gasteiger partial charge on any atom is 0.120 e. The lowest BCUT2D eigenvalue weighted by Crippen LogP contribution is -2.15. The lowest BCUT2D eigenvalue weighted by molar-refractivity contribution is 0.230. The van der Waals surface area contributed by atoms with Crippen molar-refractivity contribution in [2.75, 3.05) is 0 Å². The number of ether oxygens (including phenoxy) is 1. The summed E-state index contributed by atoms with van der Waals surface area (Å²) in [7, 11) is 0. The smallest absolute Gasteiger partial charge is 0.120 e. The maximum absolute atomic E-state index is 5.77. The molecule has 13 heavy (non-hydrogen) atoms. The van der Waals surface area contributed by atoms with E-state index in [9.17, 15) is 0 Å². The molecule has 1 aromatic carbocycles. The van der Waals surface area contributed by atoms with Gasteiger partial charge in [0, 0.05) is 0 Å². The number of hydrogen-bond acceptors (Lipinski definition) is 1. The largest absolute Gasteiger partial charge is 0.486 e. The van der Waals surface area contributed by atoms with E-state index in [0.29, 0.717) is 0 Å². The first kappa shape index (κ1) is 8.36. The molecule has 0 aliphatic heterocycles. The van der Waals surface area contributed by atoms with Gasteiger partial charge in [-0.1, -0.05) is 24.3 Å². The molecule has 0 spiro atoms. The van der Waals surface area contributed by atoms with Crippen molar-refractivity contribution >= 4 is 0 Å². The molecule has 0 unspecified atom stereocenters. The minimum Gasteiger partial charge on any atom is -0.486 e. The van der Waals surface area contributed by atoms with Crippen molar-refractivity contribution in [3.8, 4) is 5.75 Å². The van der Waals surface area contributed by atoms with Crippen molar-refractivity contribution < 1.29 is 4.74 Å². The van der Waals surface area contributed by atoms with Crippen molar-refractivity contribution in [3.05, 3.63) is 42.5 Å². The van der Waals surface area contributed by atoms with Crippen LogP contribution in [0.3, 0.4) is 0 Å². The number of para-hydroxylation sites is 1. The fourth-order valence-electron chi connectivity index (χ4n) is 1.55. The van der Waals surface area contributed by atoms with E-state index in [4.69, 9.17) is 4.74 Å². The quantitative estimate of drug-likeness (QED) is 0.626. The van der Waals surface area contributed by atoms with Crippen LogP contribution < -0.4 is 4.74 Å². The highest BCUT2D eigenvalue weighted by Crippen LogP contribution is 2.17. The predicted molar refractivity (Wildman–Crippen MR) is 53.8 cm³/mol. The first-order valence-electron chi connectivity index (χ1n) is 4.83. The fraction of sp³-hybridized carbons (Fsp3) is 0.333. The Hall–Kier alpha value is -1.24. The van der Waals surface area contributed by atoms with E-state index < -0.39 is 0 Å². The third kappa shape index (κ3) is 2.35. The Kier molecular flexibility index (Phi) is 2.65. The zero-order chi connectivity index (χ0) is 8.93. The van der Waals surface area contributed by atoms with Gasteiger partial charge in [-0.05, 0) is 37.5 Å². The average Bonchev–Trinajstić information content (AvgIpc) is 2.21.